The van der Waals surface area contributed by atoms with Crippen LogP contribution < -0.4 is 5.32 Å². The van der Waals surface area contributed by atoms with Crippen molar-refractivity contribution in [2.24, 2.45) is 4.99 Å². The van der Waals surface area contributed by atoms with Crippen LogP contribution in [0.15, 0.2) is 34.6 Å². The Labute approximate surface area is 191 Å². The van der Waals surface area contributed by atoms with Gasteiger partial charge in [0.05, 0.1) is 23.8 Å². The molecule has 1 aromatic heterocycles. The minimum Gasteiger partial charge on any atom is -0.357 e. The van der Waals surface area contributed by atoms with E-state index in [1.54, 1.807) is 11.3 Å². The number of halogens is 1. The highest BCUT2D eigenvalue weighted by Crippen LogP contribution is 2.14. The van der Waals surface area contributed by atoms with E-state index in [1.165, 1.54) is 11.1 Å². The molecule has 1 heterocycles. The van der Waals surface area contributed by atoms with Crippen LogP contribution in [0.5, 0.6) is 0 Å². The summed E-state index contributed by atoms with van der Waals surface area (Å²) in [6.07, 6.45) is 0. The summed E-state index contributed by atoms with van der Waals surface area (Å²) in [7, 11) is 4.23. The number of rotatable bonds is 8. The fraction of sp³-hybridized carbons (Fsp3) is 0.524. The molecular formula is C21H34IN5S. The van der Waals surface area contributed by atoms with E-state index in [4.69, 9.17) is 4.99 Å². The molecular weight excluding hydrogens is 481 g/mol. The second-order valence-corrected chi connectivity index (χ2v) is 8.22. The average molecular weight is 516 g/mol. The molecule has 1 N–H and O–H groups in total. The molecule has 0 unspecified atom stereocenters. The Morgan fingerprint density at radius 3 is 2.43 bits per heavy atom. The molecule has 5 nitrogen and oxygen atoms in total. The van der Waals surface area contributed by atoms with Crippen molar-refractivity contribution in [2.75, 3.05) is 20.6 Å². The number of nitrogens with one attached hydrogen (secondary N) is 1. The molecule has 0 aliphatic carbocycles. The van der Waals surface area contributed by atoms with Crippen LogP contribution in [0.4, 0.5) is 0 Å². The summed E-state index contributed by atoms with van der Waals surface area (Å²) in [5, 5.41) is 6.62. The van der Waals surface area contributed by atoms with Crippen LogP contribution in [0.25, 0.3) is 0 Å². The van der Waals surface area contributed by atoms with Crippen LogP contribution in [-0.4, -0.2) is 47.4 Å². The Morgan fingerprint density at radius 2 is 1.86 bits per heavy atom. The molecule has 0 atom stereocenters. The normalized spacial score (nSPS) is 11.6. The van der Waals surface area contributed by atoms with E-state index in [9.17, 15) is 0 Å². The fourth-order valence-electron chi connectivity index (χ4n) is 2.75. The zero-order valence-electron chi connectivity index (χ0n) is 17.9. The Kier molecular flexibility index (Phi) is 11.0. The maximum atomic E-state index is 4.89. The molecule has 0 radical (unpaired) electrons. The first kappa shape index (κ1) is 24.8. The maximum absolute atomic E-state index is 4.89. The van der Waals surface area contributed by atoms with E-state index < -0.39 is 0 Å². The second kappa shape index (κ2) is 12.4. The van der Waals surface area contributed by atoms with Gasteiger partial charge in [0.25, 0.3) is 0 Å². The number of nitrogens with zero attached hydrogens (tertiary/aromatic N) is 4. The predicted octanol–water partition coefficient (Wildman–Crippen LogP) is 4.51. The molecule has 0 saturated carbocycles. The fourth-order valence-corrected chi connectivity index (χ4v) is 3.35. The number of guanidine groups is 1. The maximum Gasteiger partial charge on any atom is 0.194 e. The molecule has 0 bridgehead atoms. The molecule has 0 spiro atoms. The molecule has 2 rings (SSSR count). The highest BCUT2D eigenvalue weighted by molar-refractivity contribution is 14.0. The van der Waals surface area contributed by atoms with Gasteiger partial charge in [-0.1, -0.05) is 24.3 Å². The molecule has 0 amide bonds. The van der Waals surface area contributed by atoms with Crippen molar-refractivity contribution in [3.05, 3.63) is 51.5 Å². The predicted molar refractivity (Wildman–Crippen MR) is 132 cm³/mol. The number of hydrogen-bond donors (Lipinski definition) is 1. The lowest BCUT2D eigenvalue weighted by Crippen LogP contribution is -2.38. The minimum absolute atomic E-state index is 0. The van der Waals surface area contributed by atoms with Crippen LogP contribution >= 0.6 is 35.3 Å². The van der Waals surface area contributed by atoms with Crippen molar-refractivity contribution in [2.45, 2.75) is 53.4 Å². The summed E-state index contributed by atoms with van der Waals surface area (Å²) < 4.78 is 0. The van der Waals surface area contributed by atoms with Gasteiger partial charge in [-0.3, -0.25) is 4.90 Å². The summed E-state index contributed by atoms with van der Waals surface area (Å²) in [5.74, 6) is 0.912. The van der Waals surface area contributed by atoms with Crippen molar-refractivity contribution < 1.29 is 0 Å². The topological polar surface area (TPSA) is 43.8 Å². The van der Waals surface area contributed by atoms with Gasteiger partial charge in [0.2, 0.25) is 0 Å². The van der Waals surface area contributed by atoms with E-state index in [0.29, 0.717) is 12.6 Å². The largest absolute Gasteiger partial charge is 0.357 e. The molecule has 0 aliphatic heterocycles. The van der Waals surface area contributed by atoms with Crippen molar-refractivity contribution in [3.63, 3.8) is 0 Å². The SMILES string of the molecule is CCNC(=NCc1ccccc1CN(C)C(C)C)N(C)Cc1csc(C)n1.I. The lowest BCUT2D eigenvalue weighted by Gasteiger charge is -2.23. The Bertz CT molecular complexity index is 744. The highest BCUT2D eigenvalue weighted by atomic mass is 127. The van der Waals surface area contributed by atoms with E-state index in [2.05, 4.69) is 84.6 Å². The molecule has 156 valence electrons. The first-order valence-corrected chi connectivity index (χ1v) is 10.5. The zero-order valence-corrected chi connectivity index (χ0v) is 21.0. The second-order valence-electron chi connectivity index (χ2n) is 7.16. The van der Waals surface area contributed by atoms with Gasteiger partial charge in [-0.05, 0) is 45.9 Å². The quantitative estimate of drug-likeness (QED) is 0.319. The van der Waals surface area contributed by atoms with Gasteiger partial charge in [-0.15, -0.1) is 35.3 Å². The average Bonchev–Trinajstić information content (AvgIpc) is 3.04. The standard InChI is InChI=1S/C21H33N5S.HI/c1-7-22-21(26(6)14-20-15-27-17(4)24-20)23-12-18-10-8-9-11-19(18)13-25(5)16(2)3;/h8-11,15-16H,7,12-14H2,1-6H3,(H,22,23);1H. The molecule has 7 heteroatoms. The Morgan fingerprint density at radius 1 is 1.18 bits per heavy atom. The highest BCUT2D eigenvalue weighted by Gasteiger charge is 2.11. The van der Waals surface area contributed by atoms with Gasteiger partial charge in [0.15, 0.2) is 5.96 Å². The molecule has 1 aromatic carbocycles. The van der Waals surface area contributed by atoms with E-state index in [0.717, 1.165) is 36.3 Å². The number of benzene rings is 1. The van der Waals surface area contributed by atoms with Gasteiger partial charge < -0.3 is 10.2 Å². The van der Waals surface area contributed by atoms with Crippen LogP contribution in [0.3, 0.4) is 0 Å². The molecule has 0 aliphatic rings. The van der Waals surface area contributed by atoms with Crippen molar-refractivity contribution in [1.29, 1.82) is 0 Å². The number of thiazole rings is 1. The number of hydrogen-bond acceptors (Lipinski definition) is 4. The molecule has 28 heavy (non-hydrogen) atoms. The van der Waals surface area contributed by atoms with Gasteiger partial charge in [-0.2, -0.15) is 0 Å². The Balaban J connectivity index is 0.00000392. The van der Waals surface area contributed by atoms with Crippen molar-refractivity contribution >= 4 is 41.3 Å². The number of aliphatic imine (C=N–C) groups is 1. The summed E-state index contributed by atoms with van der Waals surface area (Å²) in [6.45, 7) is 11.8. The zero-order chi connectivity index (χ0) is 19.8. The van der Waals surface area contributed by atoms with E-state index in [-0.39, 0.29) is 24.0 Å². The first-order chi connectivity index (χ1) is 12.9. The molecule has 2 aromatic rings. The lowest BCUT2D eigenvalue weighted by molar-refractivity contribution is 0.265. The summed E-state index contributed by atoms with van der Waals surface area (Å²) in [5.41, 5.74) is 3.70. The van der Waals surface area contributed by atoms with Gasteiger partial charge >= 0.3 is 0 Å². The van der Waals surface area contributed by atoms with Crippen LogP contribution in [0, 0.1) is 6.92 Å². The van der Waals surface area contributed by atoms with E-state index in [1.807, 2.05) is 6.92 Å². The van der Waals surface area contributed by atoms with Crippen molar-refractivity contribution in [3.8, 4) is 0 Å². The van der Waals surface area contributed by atoms with Gasteiger partial charge in [0, 0.05) is 31.6 Å². The monoisotopic (exact) mass is 515 g/mol. The third-order valence-electron chi connectivity index (χ3n) is 4.58. The lowest BCUT2D eigenvalue weighted by atomic mass is 10.1. The van der Waals surface area contributed by atoms with Gasteiger partial charge in [0.1, 0.15) is 0 Å². The third kappa shape index (κ3) is 7.67. The van der Waals surface area contributed by atoms with Crippen molar-refractivity contribution in [1.82, 2.24) is 20.1 Å². The third-order valence-corrected chi connectivity index (χ3v) is 5.40. The minimum atomic E-state index is 0. The first-order valence-electron chi connectivity index (χ1n) is 9.58. The number of aromatic nitrogens is 1. The van der Waals surface area contributed by atoms with Crippen LogP contribution in [0.2, 0.25) is 0 Å². The number of aryl methyl sites for hydroxylation is 1. The summed E-state index contributed by atoms with van der Waals surface area (Å²) in [4.78, 5) is 13.9. The smallest absolute Gasteiger partial charge is 0.194 e. The molecule has 0 saturated heterocycles. The summed E-state index contributed by atoms with van der Waals surface area (Å²) in [6, 6.07) is 9.11. The molecule has 0 fully saturated rings. The van der Waals surface area contributed by atoms with E-state index >= 15 is 0 Å². The van der Waals surface area contributed by atoms with Crippen LogP contribution in [0.1, 0.15) is 42.6 Å². The summed E-state index contributed by atoms with van der Waals surface area (Å²) >= 11 is 1.69. The van der Waals surface area contributed by atoms with Crippen LogP contribution in [-0.2, 0) is 19.6 Å². The Hall–Kier alpha value is -1.19. The van der Waals surface area contributed by atoms with Gasteiger partial charge in [-0.25, -0.2) is 9.98 Å².